The van der Waals surface area contributed by atoms with Crippen molar-refractivity contribution in [2.75, 3.05) is 0 Å². The fourth-order valence-electron chi connectivity index (χ4n) is 3.55. The first-order valence-corrected chi connectivity index (χ1v) is 8.98. The van der Waals surface area contributed by atoms with Crippen LogP contribution in [-0.2, 0) is 19.1 Å². The minimum Gasteiger partial charge on any atom is -0.447 e. The summed E-state index contributed by atoms with van der Waals surface area (Å²) in [5.41, 5.74) is -1.21. The van der Waals surface area contributed by atoms with Crippen molar-refractivity contribution in [3.05, 3.63) is 39.6 Å². The van der Waals surface area contributed by atoms with Crippen LogP contribution in [0.4, 0.5) is 13.2 Å². The Bertz CT molecular complexity index is 824. The van der Waals surface area contributed by atoms with Crippen LogP contribution in [0.15, 0.2) is 24.0 Å². The number of rotatable bonds is 2. The molecule has 9 heteroatoms. The second-order valence-electron chi connectivity index (χ2n) is 6.62. The van der Waals surface area contributed by atoms with Gasteiger partial charge in [-0.3, -0.25) is 4.79 Å². The van der Waals surface area contributed by atoms with Crippen molar-refractivity contribution in [3.8, 4) is 0 Å². The molecule has 0 unspecified atom stereocenters. The second kappa shape index (κ2) is 7.02. The highest BCUT2D eigenvalue weighted by Gasteiger charge is 2.55. The van der Waals surface area contributed by atoms with Crippen molar-refractivity contribution in [2.24, 2.45) is 5.92 Å². The fraction of sp³-hybridized carbons (Fsp3) is 0.444. The zero-order valence-corrected chi connectivity index (χ0v) is 15.7. The monoisotopic (exact) mass is 422 g/mol. The van der Waals surface area contributed by atoms with Gasteiger partial charge < -0.3 is 9.47 Å². The summed E-state index contributed by atoms with van der Waals surface area (Å²) in [6.07, 6.45) is -4.98. The Morgan fingerprint density at radius 2 is 1.89 bits per heavy atom. The largest absolute Gasteiger partial charge is 0.447 e. The number of benzene rings is 1. The molecule has 0 amide bonds. The Morgan fingerprint density at radius 1 is 1.26 bits per heavy atom. The summed E-state index contributed by atoms with van der Waals surface area (Å²) in [6, 6.07) is 4.39. The molecular formula is C18H15Cl2F3O4. The van der Waals surface area contributed by atoms with Gasteiger partial charge in [-0.1, -0.05) is 29.3 Å². The SMILES string of the molecule is CC(=O)OC1=C(c2ccc(Cl)cc2Cl)C(=O)OC12CCC(C(F)(F)F)CC2. The van der Waals surface area contributed by atoms with Gasteiger partial charge >= 0.3 is 18.1 Å². The maximum atomic E-state index is 13.0. The first-order valence-electron chi connectivity index (χ1n) is 8.22. The third kappa shape index (κ3) is 3.80. The van der Waals surface area contributed by atoms with E-state index < -0.39 is 29.6 Å². The molecule has 1 aromatic rings. The number of esters is 2. The predicted octanol–water partition coefficient (Wildman–Crippen LogP) is 5.32. The molecule has 0 N–H and O–H groups in total. The van der Waals surface area contributed by atoms with E-state index >= 15 is 0 Å². The number of halogens is 5. The lowest BCUT2D eigenvalue weighted by Crippen LogP contribution is -2.41. The molecule has 146 valence electrons. The van der Waals surface area contributed by atoms with Crippen molar-refractivity contribution in [1.29, 1.82) is 0 Å². The maximum absolute atomic E-state index is 13.0. The highest BCUT2D eigenvalue weighted by molar-refractivity contribution is 6.37. The zero-order valence-electron chi connectivity index (χ0n) is 14.2. The molecule has 1 aromatic carbocycles. The van der Waals surface area contributed by atoms with Crippen LogP contribution in [0.5, 0.6) is 0 Å². The van der Waals surface area contributed by atoms with Crippen molar-refractivity contribution < 1.29 is 32.2 Å². The Kier molecular flexibility index (Phi) is 5.20. The van der Waals surface area contributed by atoms with Gasteiger partial charge in [0.25, 0.3) is 0 Å². The number of alkyl halides is 3. The summed E-state index contributed by atoms with van der Waals surface area (Å²) < 4.78 is 49.7. The van der Waals surface area contributed by atoms with Gasteiger partial charge in [-0.2, -0.15) is 13.2 Å². The van der Waals surface area contributed by atoms with E-state index in [1.54, 1.807) is 0 Å². The number of carbonyl (C=O) groups is 2. The zero-order chi connectivity index (χ0) is 20.0. The average Bonchev–Trinajstić information content (AvgIpc) is 2.78. The average molecular weight is 423 g/mol. The van der Waals surface area contributed by atoms with Crippen LogP contribution in [0, 0.1) is 5.92 Å². The first kappa shape index (κ1) is 20.0. The molecule has 0 saturated heterocycles. The molecule has 1 aliphatic heterocycles. The first-order chi connectivity index (χ1) is 12.5. The summed E-state index contributed by atoms with van der Waals surface area (Å²) >= 11 is 12.0. The smallest absolute Gasteiger partial charge is 0.391 e. The fourth-order valence-corrected chi connectivity index (χ4v) is 4.05. The molecule has 0 radical (unpaired) electrons. The molecule has 0 bridgehead atoms. The molecule has 1 saturated carbocycles. The number of ether oxygens (including phenoxy) is 2. The Morgan fingerprint density at radius 3 is 2.41 bits per heavy atom. The third-order valence-corrected chi connectivity index (χ3v) is 5.38. The van der Waals surface area contributed by atoms with Crippen molar-refractivity contribution in [2.45, 2.75) is 44.4 Å². The van der Waals surface area contributed by atoms with E-state index in [1.807, 2.05) is 0 Å². The maximum Gasteiger partial charge on any atom is 0.391 e. The van der Waals surface area contributed by atoms with Crippen LogP contribution in [0.1, 0.15) is 38.2 Å². The van der Waals surface area contributed by atoms with Gasteiger partial charge in [0, 0.05) is 17.5 Å². The van der Waals surface area contributed by atoms with Gasteiger partial charge in [0.1, 0.15) is 5.57 Å². The van der Waals surface area contributed by atoms with Gasteiger partial charge in [-0.05, 0) is 37.8 Å². The third-order valence-electron chi connectivity index (χ3n) is 4.84. The minimum atomic E-state index is -4.32. The van der Waals surface area contributed by atoms with Gasteiger partial charge in [0.05, 0.1) is 10.9 Å². The second-order valence-corrected chi connectivity index (χ2v) is 7.47. The van der Waals surface area contributed by atoms with Crippen LogP contribution >= 0.6 is 23.2 Å². The van der Waals surface area contributed by atoms with E-state index in [2.05, 4.69) is 0 Å². The van der Waals surface area contributed by atoms with Crippen molar-refractivity contribution in [3.63, 3.8) is 0 Å². The van der Waals surface area contributed by atoms with Gasteiger partial charge in [-0.15, -0.1) is 0 Å². The van der Waals surface area contributed by atoms with E-state index in [9.17, 15) is 22.8 Å². The lowest BCUT2D eigenvalue weighted by Gasteiger charge is -2.37. The van der Waals surface area contributed by atoms with Crippen LogP contribution in [-0.4, -0.2) is 23.7 Å². The molecule has 0 aromatic heterocycles. The van der Waals surface area contributed by atoms with E-state index in [-0.39, 0.29) is 47.6 Å². The summed E-state index contributed by atoms with van der Waals surface area (Å²) in [5.74, 6) is -3.06. The molecule has 1 aliphatic carbocycles. The normalized spacial score (nSPS) is 25.7. The summed E-state index contributed by atoms with van der Waals surface area (Å²) in [7, 11) is 0. The molecule has 1 heterocycles. The molecule has 0 atom stereocenters. The van der Waals surface area contributed by atoms with E-state index in [0.717, 1.165) is 6.92 Å². The molecule has 4 nitrogen and oxygen atoms in total. The van der Waals surface area contributed by atoms with Crippen LogP contribution < -0.4 is 0 Å². The van der Waals surface area contributed by atoms with Gasteiger partial charge in [0.2, 0.25) is 0 Å². The number of hydrogen-bond donors (Lipinski definition) is 0. The quantitative estimate of drug-likeness (QED) is 0.605. The highest BCUT2D eigenvalue weighted by Crippen LogP contribution is 2.51. The molecule has 1 spiro atoms. The summed E-state index contributed by atoms with van der Waals surface area (Å²) in [5, 5.41) is 0.477. The number of hydrogen-bond acceptors (Lipinski definition) is 4. The van der Waals surface area contributed by atoms with Gasteiger partial charge in [0.15, 0.2) is 11.4 Å². The Balaban J connectivity index is 2.05. The van der Waals surface area contributed by atoms with E-state index in [1.165, 1.54) is 18.2 Å². The molecule has 2 aliphatic rings. The minimum absolute atomic E-state index is 0.0580. The van der Waals surface area contributed by atoms with Crippen molar-refractivity contribution in [1.82, 2.24) is 0 Å². The van der Waals surface area contributed by atoms with Crippen LogP contribution in [0.2, 0.25) is 10.0 Å². The molecule has 3 rings (SSSR count). The van der Waals surface area contributed by atoms with E-state index in [4.69, 9.17) is 32.7 Å². The van der Waals surface area contributed by atoms with E-state index in [0.29, 0.717) is 5.02 Å². The van der Waals surface area contributed by atoms with Crippen molar-refractivity contribution >= 4 is 40.7 Å². The molecule has 1 fully saturated rings. The highest BCUT2D eigenvalue weighted by atomic mass is 35.5. The number of carbonyl (C=O) groups excluding carboxylic acids is 2. The topological polar surface area (TPSA) is 52.6 Å². The summed E-state index contributed by atoms with van der Waals surface area (Å²) in [4.78, 5) is 24.2. The standard InChI is InChI=1S/C18H15Cl2F3O4/c1-9(24)26-15-14(12-3-2-11(19)8-13(12)20)16(25)27-17(15)6-4-10(5-7-17)18(21,22)23/h2-3,8,10H,4-7H2,1H3. The summed E-state index contributed by atoms with van der Waals surface area (Å²) in [6.45, 7) is 1.14. The van der Waals surface area contributed by atoms with Crippen LogP contribution in [0.3, 0.4) is 0 Å². The Hall–Kier alpha value is -1.73. The molecular weight excluding hydrogens is 408 g/mol. The lowest BCUT2D eigenvalue weighted by molar-refractivity contribution is -0.195. The lowest BCUT2D eigenvalue weighted by atomic mass is 9.77. The molecule has 27 heavy (non-hydrogen) atoms. The van der Waals surface area contributed by atoms with Gasteiger partial charge in [-0.25, -0.2) is 4.79 Å². The predicted molar refractivity (Wildman–Crippen MR) is 92.0 cm³/mol. The Labute approximate surface area is 163 Å². The van der Waals surface area contributed by atoms with Crippen LogP contribution in [0.25, 0.3) is 5.57 Å².